The van der Waals surface area contributed by atoms with Crippen molar-refractivity contribution < 1.29 is 22.8 Å². The number of amides is 2. The first kappa shape index (κ1) is 28.6. The molecule has 3 heterocycles. The van der Waals surface area contributed by atoms with E-state index in [1.165, 1.54) is 42.2 Å². The number of pyridine rings is 2. The quantitative estimate of drug-likeness (QED) is 0.277. The molecule has 0 radical (unpaired) electrons. The summed E-state index contributed by atoms with van der Waals surface area (Å²) < 4.78 is 39.8. The number of benzene rings is 1. The number of hydrogen-bond acceptors (Lipinski definition) is 7. The monoisotopic (exact) mass is 585 g/mol. The number of alkyl halides is 3. The van der Waals surface area contributed by atoms with Crippen LogP contribution in [0.1, 0.15) is 43.2 Å². The van der Waals surface area contributed by atoms with Crippen molar-refractivity contribution in [3.05, 3.63) is 93.5 Å². The number of aryl methyl sites for hydroxylation is 1. The van der Waals surface area contributed by atoms with Gasteiger partial charge in [0.15, 0.2) is 5.82 Å². The molecule has 9 nitrogen and oxygen atoms in total. The van der Waals surface area contributed by atoms with Crippen LogP contribution >= 0.6 is 23.4 Å². The number of rotatable bonds is 7. The van der Waals surface area contributed by atoms with Crippen molar-refractivity contribution in [3.63, 3.8) is 0 Å². The molecule has 2 N–H and O–H groups in total. The van der Waals surface area contributed by atoms with Gasteiger partial charge in [0.25, 0.3) is 11.8 Å². The average Bonchev–Trinajstić information content (AvgIpc) is 3.36. The number of thioether (sulfide) groups is 1. The molecule has 0 saturated heterocycles. The summed E-state index contributed by atoms with van der Waals surface area (Å²) in [6.45, 7) is 1.65. The second kappa shape index (κ2) is 11.8. The van der Waals surface area contributed by atoms with Gasteiger partial charge in [0.1, 0.15) is 5.69 Å². The largest absolute Gasteiger partial charge is 0.417 e. The van der Waals surface area contributed by atoms with Crippen LogP contribution in [0.25, 0.3) is 5.82 Å². The predicted molar refractivity (Wildman–Crippen MR) is 142 cm³/mol. The highest BCUT2D eigenvalue weighted by atomic mass is 35.5. The van der Waals surface area contributed by atoms with Crippen molar-refractivity contribution >= 4 is 40.9 Å². The van der Waals surface area contributed by atoms with Crippen LogP contribution in [0.3, 0.4) is 0 Å². The Morgan fingerprint density at radius 1 is 1.15 bits per heavy atom. The van der Waals surface area contributed by atoms with E-state index in [9.17, 15) is 28.0 Å². The van der Waals surface area contributed by atoms with E-state index in [-0.39, 0.29) is 39.1 Å². The van der Waals surface area contributed by atoms with Crippen molar-refractivity contribution in [1.82, 2.24) is 25.1 Å². The molecule has 0 spiro atoms. The van der Waals surface area contributed by atoms with Crippen LogP contribution in [0.5, 0.6) is 0 Å². The van der Waals surface area contributed by atoms with Gasteiger partial charge in [-0.1, -0.05) is 23.4 Å². The molecule has 14 heteroatoms. The molecule has 0 bridgehead atoms. The van der Waals surface area contributed by atoms with Gasteiger partial charge in [-0.25, -0.2) is 14.6 Å². The Morgan fingerprint density at radius 3 is 2.55 bits per heavy atom. The first-order valence-electron chi connectivity index (χ1n) is 11.5. The number of nitriles is 1. The van der Waals surface area contributed by atoms with Gasteiger partial charge in [-0.2, -0.15) is 23.5 Å². The van der Waals surface area contributed by atoms with Gasteiger partial charge in [-0.05, 0) is 55.0 Å². The van der Waals surface area contributed by atoms with Gasteiger partial charge in [0.05, 0.1) is 44.2 Å². The molecule has 0 atom stereocenters. The summed E-state index contributed by atoms with van der Waals surface area (Å²) in [7, 11) is 1.43. The van der Waals surface area contributed by atoms with E-state index in [0.29, 0.717) is 16.3 Å². The maximum Gasteiger partial charge on any atom is 0.417 e. The number of aromatic nitrogens is 4. The predicted octanol–water partition coefficient (Wildman–Crippen LogP) is 5.42. The SMILES string of the molecule is CNC(=O)c1cc(C#N)cc(C)c1NC(=O)c1cc(CSc2ccc(C(F)(F)F)cn2)nn1-c1ncccc1Cl. The van der Waals surface area contributed by atoms with E-state index in [2.05, 4.69) is 25.7 Å². The summed E-state index contributed by atoms with van der Waals surface area (Å²) in [5.41, 5.74) is 0.586. The minimum absolute atomic E-state index is 0.0307. The Labute approximate surface area is 235 Å². The van der Waals surface area contributed by atoms with Crippen molar-refractivity contribution in [2.75, 3.05) is 12.4 Å². The minimum Gasteiger partial charge on any atom is -0.355 e. The Bertz CT molecular complexity index is 1630. The number of nitrogens with one attached hydrogen (secondary N) is 2. The van der Waals surface area contributed by atoms with E-state index < -0.39 is 23.6 Å². The zero-order valence-electron chi connectivity index (χ0n) is 20.9. The Hall–Kier alpha value is -4.41. The smallest absolute Gasteiger partial charge is 0.355 e. The first-order chi connectivity index (χ1) is 19.0. The minimum atomic E-state index is -4.50. The van der Waals surface area contributed by atoms with Gasteiger partial charge in [-0.15, -0.1) is 0 Å². The van der Waals surface area contributed by atoms with E-state index in [0.717, 1.165) is 24.0 Å². The molecule has 0 fully saturated rings. The number of hydrogen-bond donors (Lipinski definition) is 2. The van der Waals surface area contributed by atoms with Crippen molar-refractivity contribution in [3.8, 4) is 11.9 Å². The number of carbonyl (C=O) groups is 2. The van der Waals surface area contributed by atoms with Crippen LogP contribution in [0.2, 0.25) is 5.02 Å². The highest BCUT2D eigenvalue weighted by Crippen LogP contribution is 2.31. The zero-order valence-corrected chi connectivity index (χ0v) is 22.4. The lowest BCUT2D eigenvalue weighted by Gasteiger charge is -2.14. The number of halogens is 4. The molecular formula is C26H19ClF3N7O2S. The van der Waals surface area contributed by atoms with E-state index in [1.807, 2.05) is 6.07 Å². The number of anilines is 1. The third kappa shape index (κ3) is 6.24. The average molecular weight is 586 g/mol. The number of nitrogens with zero attached hydrogens (tertiary/aromatic N) is 5. The van der Waals surface area contributed by atoms with Gasteiger partial charge in [0.2, 0.25) is 0 Å². The molecular weight excluding hydrogens is 567 g/mol. The van der Waals surface area contributed by atoms with Crippen LogP contribution in [-0.4, -0.2) is 38.6 Å². The molecule has 0 saturated carbocycles. The zero-order chi connectivity index (χ0) is 29.0. The first-order valence-corrected chi connectivity index (χ1v) is 12.8. The topological polar surface area (TPSA) is 126 Å². The van der Waals surface area contributed by atoms with Crippen molar-refractivity contribution in [1.29, 1.82) is 5.26 Å². The summed E-state index contributed by atoms with van der Waals surface area (Å²) >= 11 is 7.45. The van der Waals surface area contributed by atoms with Crippen molar-refractivity contribution in [2.45, 2.75) is 23.9 Å². The molecule has 2 amide bonds. The van der Waals surface area contributed by atoms with Gasteiger partial charge in [-0.3, -0.25) is 9.59 Å². The maximum atomic E-state index is 13.5. The Morgan fingerprint density at radius 2 is 1.93 bits per heavy atom. The standard InChI is InChI=1S/C26H19ClF3N7O2S/c1-14-8-15(11-31)9-18(24(38)32-2)22(14)35-25(39)20-10-17(36-37(20)23-19(27)4-3-7-33-23)13-40-21-6-5-16(12-34-21)26(28,29)30/h3-10,12H,13H2,1-2H3,(H,32,38)(H,35,39). The summed E-state index contributed by atoms with van der Waals surface area (Å²) in [5.74, 6) is -0.814. The lowest BCUT2D eigenvalue weighted by molar-refractivity contribution is -0.137. The Kier molecular flexibility index (Phi) is 8.41. The highest BCUT2D eigenvalue weighted by molar-refractivity contribution is 7.98. The van der Waals surface area contributed by atoms with Crippen LogP contribution < -0.4 is 10.6 Å². The van der Waals surface area contributed by atoms with Crippen LogP contribution in [0.4, 0.5) is 18.9 Å². The fourth-order valence-corrected chi connectivity index (χ4v) is 4.58. The third-order valence-electron chi connectivity index (χ3n) is 5.54. The van der Waals surface area contributed by atoms with E-state index in [4.69, 9.17) is 11.6 Å². The summed E-state index contributed by atoms with van der Waals surface area (Å²) in [6.07, 6.45) is -2.28. The lowest BCUT2D eigenvalue weighted by Crippen LogP contribution is -2.24. The molecule has 0 aliphatic rings. The van der Waals surface area contributed by atoms with Crippen molar-refractivity contribution in [2.24, 2.45) is 0 Å². The van der Waals surface area contributed by atoms with Crippen LogP contribution in [-0.2, 0) is 11.9 Å². The second-order valence-electron chi connectivity index (χ2n) is 8.27. The molecule has 4 aromatic rings. The molecule has 204 valence electrons. The third-order valence-corrected chi connectivity index (χ3v) is 6.81. The normalized spacial score (nSPS) is 11.1. The highest BCUT2D eigenvalue weighted by Gasteiger charge is 2.30. The fraction of sp³-hybridized carbons (Fsp3) is 0.154. The van der Waals surface area contributed by atoms with Gasteiger partial charge in [0, 0.05) is 25.2 Å². The second-order valence-corrected chi connectivity index (χ2v) is 9.68. The van der Waals surface area contributed by atoms with E-state index >= 15 is 0 Å². The molecule has 3 aromatic heterocycles. The van der Waals surface area contributed by atoms with E-state index in [1.54, 1.807) is 19.1 Å². The fourth-order valence-electron chi connectivity index (χ4n) is 3.65. The summed E-state index contributed by atoms with van der Waals surface area (Å²) in [4.78, 5) is 34.1. The maximum absolute atomic E-state index is 13.5. The Balaban J connectivity index is 1.68. The van der Waals surface area contributed by atoms with Gasteiger partial charge < -0.3 is 10.6 Å². The molecule has 40 heavy (non-hydrogen) atoms. The van der Waals surface area contributed by atoms with Crippen LogP contribution in [0, 0.1) is 18.3 Å². The molecule has 0 unspecified atom stereocenters. The lowest BCUT2D eigenvalue weighted by atomic mass is 10.0. The molecule has 0 aliphatic heterocycles. The number of carbonyl (C=O) groups excluding carboxylic acids is 2. The van der Waals surface area contributed by atoms with Gasteiger partial charge >= 0.3 is 6.18 Å². The summed E-state index contributed by atoms with van der Waals surface area (Å²) in [5, 5.41) is 19.5. The molecule has 1 aromatic carbocycles. The molecule has 4 rings (SSSR count). The summed E-state index contributed by atoms with van der Waals surface area (Å²) in [6, 6.07) is 11.7. The molecule has 0 aliphatic carbocycles. The van der Waals surface area contributed by atoms with Crippen LogP contribution in [0.15, 0.2) is 59.9 Å².